The van der Waals surface area contributed by atoms with Gasteiger partial charge >= 0.3 is 0 Å². The summed E-state index contributed by atoms with van der Waals surface area (Å²) < 4.78 is 39.3. The standard InChI is InChI=1S/C9H10FN3O2S/c1-13-7-5-3-4-6(10)8(7)9(11-13)12-16(2,14)15/h3-5H,1-2H3,(H,11,12). The van der Waals surface area contributed by atoms with Gasteiger partial charge in [0.2, 0.25) is 10.0 Å². The monoisotopic (exact) mass is 243 g/mol. The molecule has 0 unspecified atom stereocenters. The summed E-state index contributed by atoms with van der Waals surface area (Å²) in [5.74, 6) is -0.491. The molecule has 86 valence electrons. The second kappa shape index (κ2) is 3.44. The highest BCUT2D eigenvalue weighted by Crippen LogP contribution is 2.25. The predicted molar refractivity (Wildman–Crippen MR) is 59.1 cm³/mol. The fourth-order valence-corrected chi connectivity index (χ4v) is 2.01. The number of hydrogen-bond acceptors (Lipinski definition) is 3. The van der Waals surface area contributed by atoms with Crippen LogP contribution in [-0.2, 0) is 17.1 Å². The Morgan fingerprint density at radius 3 is 2.75 bits per heavy atom. The lowest BCUT2D eigenvalue weighted by atomic mass is 10.2. The number of rotatable bonds is 2. The molecule has 1 aromatic heterocycles. The maximum absolute atomic E-state index is 13.5. The molecule has 1 heterocycles. The zero-order chi connectivity index (χ0) is 11.9. The van der Waals surface area contributed by atoms with Crippen LogP contribution in [0.3, 0.4) is 0 Å². The Balaban J connectivity index is 2.71. The van der Waals surface area contributed by atoms with Crippen molar-refractivity contribution in [1.82, 2.24) is 9.78 Å². The second-order valence-corrected chi connectivity index (χ2v) is 5.23. The molecule has 16 heavy (non-hydrogen) atoms. The van der Waals surface area contributed by atoms with Crippen LogP contribution in [0.2, 0.25) is 0 Å². The van der Waals surface area contributed by atoms with Crippen LogP contribution in [0.5, 0.6) is 0 Å². The van der Waals surface area contributed by atoms with Crippen molar-refractivity contribution in [3.05, 3.63) is 24.0 Å². The molecule has 0 saturated carbocycles. The predicted octanol–water partition coefficient (Wildman–Crippen LogP) is 1.08. The van der Waals surface area contributed by atoms with Crippen LogP contribution in [0.25, 0.3) is 10.9 Å². The smallest absolute Gasteiger partial charge is 0.231 e. The zero-order valence-electron chi connectivity index (χ0n) is 8.73. The summed E-state index contributed by atoms with van der Waals surface area (Å²) in [4.78, 5) is 0. The minimum atomic E-state index is -3.46. The molecule has 0 bridgehead atoms. The van der Waals surface area contributed by atoms with Crippen molar-refractivity contribution in [2.24, 2.45) is 7.05 Å². The van der Waals surface area contributed by atoms with Gasteiger partial charge < -0.3 is 0 Å². The summed E-state index contributed by atoms with van der Waals surface area (Å²) in [6, 6.07) is 4.47. The van der Waals surface area contributed by atoms with Crippen LogP contribution in [0.15, 0.2) is 18.2 Å². The van der Waals surface area contributed by atoms with Crippen LogP contribution in [0, 0.1) is 5.82 Å². The van der Waals surface area contributed by atoms with E-state index in [0.29, 0.717) is 5.52 Å². The molecule has 7 heteroatoms. The Labute approximate surface area is 91.9 Å². The van der Waals surface area contributed by atoms with Gasteiger partial charge in [-0.3, -0.25) is 9.40 Å². The molecule has 1 aromatic carbocycles. The fraction of sp³-hybridized carbons (Fsp3) is 0.222. The number of aromatic nitrogens is 2. The minimum absolute atomic E-state index is 0.0121. The zero-order valence-corrected chi connectivity index (χ0v) is 9.55. The van der Waals surface area contributed by atoms with Crippen LogP contribution in [0.1, 0.15) is 0 Å². The SMILES string of the molecule is Cn1nc(NS(C)(=O)=O)c2c(F)cccc21. The van der Waals surface area contributed by atoms with Gasteiger partial charge in [0.05, 0.1) is 17.2 Å². The van der Waals surface area contributed by atoms with E-state index in [2.05, 4.69) is 9.82 Å². The lowest BCUT2D eigenvalue weighted by Crippen LogP contribution is -2.10. The number of nitrogens with zero attached hydrogens (tertiary/aromatic N) is 2. The molecule has 0 saturated heterocycles. The van der Waals surface area contributed by atoms with E-state index in [9.17, 15) is 12.8 Å². The van der Waals surface area contributed by atoms with Gasteiger partial charge in [-0.2, -0.15) is 5.10 Å². The molecule has 0 aliphatic carbocycles. The van der Waals surface area contributed by atoms with Gasteiger partial charge in [0.1, 0.15) is 5.82 Å². The maximum Gasteiger partial charge on any atom is 0.231 e. The molecule has 0 radical (unpaired) electrons. The van der Waals surface area contributed by atoms with Crippen molar-refractivity contribution in [1.29, 1.82) is 0 Å². The minimum Gasteiger partial charge on any atom is -0.266 e. The summed E-state index contributed by atoms with van der Waals surface area (Å²) in [6.07, 6.45) is 0.994. The van der Waals surface area contributed by atoms with E-state index in [4.69, 9.17) is 0 Å². The lowest BCUT2D eigenvalue weighted by Gasteiger charge is -1.99. The van der Waals surface area contributed by atoms with E-state index < -0.39 is 15.8 Å². The Morgan fingerprint density at radius 1 is 1.44 bits per heavy atom. The molecular formula is C9H10FN3O2S. The number of nitrogens with one attached hydrogen (secondary N) is 1. The van der Waals surface area contributed by atoms with E-state index in [1.807, 2.05) is 0 Å². The van der Waals surface area contributed by atoms with Crippen LogP contribution in [-0.4, -0.2) is 24.5 Å². The normalized spacial score (nSPS) is 11.9. The van der Waals surface area contributed by atoms with Gasteiger partial charge in [0.25, 0.3) is 0 Å². The van der Waals surface area contributed by atoms with Crippen molar-refractivity contribution >= 4 is 26.7 Å². The molecule has 2 aromatic rings. The second-order valence-electron chi connectivity index (χ2n) is 3.48. The van der Waals surface area contributed by atoms with E-state index >= 15 is 0 Å². The van der Waals surface area contributed by atoms with Gasteiger partial charge in [0, 0.05) is 7.05 Å². The largest absolute Gasteiger partial charge is 0.266 e. The third-order valence-electron chi connectivity index (χ3n) is 2.11. The third kappa shape index (κ3) is 1.85. The molecule has 1 N–H and O–H groups in total. The van der Waals surface area contributed by atoms with Crippen molar-refractivity contribution in [3.63, 3.8) is 0 Å². The van der Waals surface area contributed by atoms with Gasteiger partial charge in [-0.05, 0) is 12.1 Å². The maximum atomic E-state index is 13.5. The van der Waals surface area contributed by atoms with E-state index in [1.165, 1.54) is 10.7 Å². The number of benzene rings is 1. The molecule has 0 spiro atoms. The van der Waals surface area contributed by atoms with Crippen molar-refractivity contribution < 1.29 is 12.8 Å². The van der Waals surface area contributed by atoms with Crippen LogP contribution in [0.4, 0.5) is 10.2 Å². The highest BCUT2D eigenvalue weighted by molar-refractivity contribution is 7.92. The molecule has 0 aliphatic heterocycles. The highest BCUT2D eigenvalue weighted by atomic mass is 32.2. The van der Waals surface area contributed by atoms with Crippen LogP contribution >= 0.6 is 0 Å². The highest BCUT2D eigenvalue weighted by Gasteiger charge is 2.15. The average Bonchev–Trinajstić information content (AvgIpc) is 2.42. The summed E-state index contributed by atoms with van der Waals surface area (Å²) in [5, 5.41) is 4.10. The number of hydrogen-bond donors (Lipinski definition) is 1. The average molecular weight is 243 g/mol. The van der Waals surface area contributed by atoms with E-state index in [1.54, 1.807) is 19.2 Å². The molecule has 2 rings (SSSR count). The van der Waals surface area contributed by atoms with Gasteiger partial charge in [0.15, 0.2) is 5.82 Å². The summed E-state index contributed by atoms with van der Waals surface area (Å²) >= 11 is 0. The molecule has 5 nitrogen and oxygen atoms in total. The van der Waals surface area contributed by atoms with Crippen LogP contribution < -0.4 is 4.72 Å². The summed E-state index contributed by atoms with van der Waals surface area (Å²) in [6.45, 7) is 0. The molecule has 0 fully saturated rings. The Kier molecular flexibility index (Phi) is 2.34. The van der Waals surface area contributed by atoms with Gasteiger partial charge in [-0.1, -0.05) is 6.07 Å². The number of halogens is 1. The summed E-state index contributed by atoms with van der Waals surface area (Å²) in [7, 11) is -1.84. The topological polar surface area (TPSA) is 64.0 Å². The first-order valence-electron chi connectivity index (χ1n) is 4.47. The van der Waals surface area contributed by atoms with Crippen molar-refractivity contribution in [3.8, 4) is 0 Å². The van der Waals surface area contributed by atoms with Gasteiger partial charge in [-0.25, -0.2) is 12.8 Å². The first-order chi connectivity index (χ1) is 7.38. The van der Waals surface area contributed by atoms with E-state index in [0.717, 1.165) is 6.26 Å². The van der Waals surface area contributed by atoms with Gasteiger partial charge in [-0.15, -0.1) is 0 Å². The first-order valence-corrected chi connectivity index (χ1v) is 6.36. The fourth-order valence-electron chi connectivity index (χ4n) is 1.52. The Morgan fingerprint density at radius 2 is 2.12 bits per heavy atom. The van der Waals surface area contributed by atoms with Crippen molar-refractivity contribution in [2.45, 2.75) is 0 Å². The number of aryl methyl sites for hydroxylation is 1. The number of fused-ring (bicyclic) bond motifs is 1. The third-order valence-corrected chi connectivity index (χ3v) is 2.67. The Hall–Kier alpha value is -1.63. The lowest BCUT2D eigenvalue weighted by molar-refractivity contribution is 0.606. The van der Waals surface area contributed by atoms with E-state index in [-0.39, 0.29) is 11.2 Å². The number of anilines is 1. The van der Waals surface area contributed by atoms with Crippen molar-refractivity contribution in [2.75, 3.05) is 11.0 Å². The molecular weight excluding hydrogens is 233 g/mol. The molecule has 0 amide bonds. The first kappa shape index (κ1) is 10.9. The Bertz CT molecular complexity index is 648. The summed E-state index contributed by atoms with van der Waals surface area (Å²) in [5.41, 5.74) is 0.533. The molecule has 0 aliphatic rings. The molecule has 0 atom stereocenters. The quantitative estimate of drug-likeness (QED) is 0.858. The number of sulfonamides is 1.